The van der Waals surface area contributed by atoms with Crippen molar-refractivity contribution in [2.75, 3.05) is 18.4 Å². The van der Waals surface area contributed by atoms with E-state index in [1.165, 1.54) is 6.07 Å². The Morgan fingerprint density at radius 1 is 1.26 bits per heavy atom. The maximum absolute atomic E-state index is 13.9. The van der Waals surface area contributed by atoms with Gasteiger partial charge < -0.3 is 14.7 Å². The fourth-order valence-corrected chi connectivity index (χ4v) is 4.62. The van der Waals surface area contributed by atoms with Crippen LogP contribution in [0.25, 0.3) is 21.7 Å². The number of carbonyl (C=O) groups excluding carboxylic acids is 1. The van der Waals surface area contributed by atoms with Crippen LogP contribution >= 0.6 is 11.3 Å². The summed E-state index contributed by atoms with van der Waals surface area (Å²) in [6, 6.07) is 9.14. The van der Waals surface area contributed by atoms with Gasteiger partial charge in [-0.15, -0.1) is 0 Å². The van der Waals surface area contributed by atoms with Crippen molar-refractivity contribution in [3.8, 4) is 11.5 Å². The molecule has 1 fully saturated rings. The summed E-state index contributed by atoms with van der Waals surface area (Å²) >= 11 is 1.13. The van der Waals surface area contributed by atoms with Gasteiger partial charge in [-0.05, 0) is 25.5 Å². The molecule has 7 nitrogen and oxygen atoms in total. The number of rotatable bonds is 4. The van der Waals surface area contributed by atoms with Gasteiger partial charge in [0.25, 0.3) is 11.8 Å². The largest absolute Gasteiger partial charge is 0.357 e. The Morgan fingerprint density at radius 3 is 2.90 bits per heavy atom. The summed E-state index contributed by atoms with van der Waals surface area (Å²) in [6.07, 6.45) is 0.709. The number of amides is 1. The standard InChI is InChI=1S/C21H17F2N5O2S/c1-11-24-19(30-27-11)14-4-2-3-5-15(14)20(29)28-7-6-13(10-28)25-21-26-17-9-12(22)8-16(23)18(17)31-21/h2-5,8-9,13H,6-7,10H2,1H3,(H,25,26)/t13-/m1/s1. The van der Waals surface area contributed by atoms with Crippen molar-refractivity contribution in [1.82, 2.24) is 20.0 Å². The van der Waals surface area contributed by atoms with Crippen LogP contribution in [0.5, 0.6) is 0 Å². The molecule has 4 aromatic rings. The lowest BCUT2D eigenvalue weighted by molar-refractivity contribution is 0.0792. The van der Waals surface area contributed by atoms with Crippen LogP contribution in [-0.4, -0.2) is 45.1 Å². The summed E-state index contributed by atoms with van der Waals surface area (Å²) in [5.74, 6) is -0.617. The quantitative estimate of drug-likeness (QED) is 0.510. The highest BCUT2D eigenvalue weighted by Crippen LogP contribution is 2.31. The molecule has 0 radical (unpaired) electrons. The predicted molar refractivity (Wildman–Crippen MR) is 112 cm³/mol. The number of likely N-dealkylation sites (tertiary alicyclic amines) is 1. The van der Waals surface area contributed by atoms with Gasteiger partial charge in [-0.25, -0.2) is 13.8 Å². The highest BCUT2D eigenvalue weighted by molar-refractivity contribution is 7.22. The molecule has 2 aromatic heterocycles. The molecule has 10 heteroatoms. The number of hydrogen-bond acceptors (Lipinski definition) is 7. The SMILES string of the molecule is Cc1noc(-c2ccccc2C(=O)N2CC[C@@H](Nc3nc4cc(F)cc(F)c4s3)C2)n1. The number of benzene rings is 2. The number of nitrogens with one attached hydrogen (secondary N) is 1. The molecular weight excluding hydrogens is 424 g/mol. The third-order valence-electron chi connectivity index (χ3n) is 5.13. The average Bonchev–Trinajstić information content (AvgIpc) is 3.48. The Bertz CT molecular complexity index is 1290. The fourth-order valence-electron chi connectivity index (χ4n) is 3.69. The van der Waals surface area contributed by atoms with E-state index in [1.54, 1.807) is 30.0 Å². The van der Waals surface area contributed by atoms with Gasteiger partial charge in [0.15, 0.2) is 11.0 Å². The van der Waals surface area contributed by atoms with Crippen molar-refractivity contribution in [2.45, 2.75) is 19.4 Å². The van der Waals surface area contributed by atoms with Crippen LogP contribution in [0.3, 0.4) is 0 Å². The van der Waals surface area contributed by atoms with Crippen LogP contribution < -0.4 is 5.32 Å². The topological polar surface area (TPSA) is 84.2 Å². The van der Waals surface area contributed by atoms with Gasteiger partial charge in [-0.2, -0.15) is 4.98 Å². The highest BCUT2D eigenvalue weighted by atomic mass is 32.1. The molecule has 0 spiro atoms. The lowest BCUT2D eigenvalue weighted by Gasteiger charge is -2.18. The molecule has 3 heterocycles. The molecule has 0 saturated carbocycles. The summed E-state index contributed by atoms with van der Waals surface area (Å²) in [6.45, 7) is 2.74. The highest BCUT2D eigenvalue weighted by Gasteiger charge is 2.29. The Labute approximate surface area is 179 Å². The first-order valence-corrected chi connectivity index (χ1v) is 10.5. The first-order chi connectivity index (χ1) is 15.0. The van der Waals surface area contributed by atoms with Gasteiger partial charge >= 0.3 is 0 Å². The molecule has 31 heavy (non-hydrogen) atoms. The minimum Gasteiger partial charge on any atom is -0.357 e. The summed E-state index contributed by atoms with van der Waals surface area (Å²) in [5, 5.41) is 7.55. The van der Waals surface area contributed by atoms with Gasteiger partial charge in [-0.1, -0.05) is 28.6 Å². The Hall–Kier alpha value is -3.40. The number of fused-ring (bicyclic) bond motifs is 1. The van der Waals surface area contributed by atoms with Crippen molar-refractivity contribution in [3.05, 3.63) is 59.4 Å². The van der Waals surface area contributed by atoms with E-state index in [1.807, 2.05) is 6.07 Å². The van der Waals surface area contributed by atoms with Crippen molar-refractivity contribution < 1.29 is 18.1 Å². The molecule has 1 amide bonds. The number of halogens is 2. The van der Waals surface area contributed by atoms with E-state index in [0.29, 0.717) is 52.2 Å². The van der Waals surface area contributed by atoms with E-state index in [4.69, 9.17) is 4.52 Å². The second-order valence-electron chi connectivity index (χ2n) is 7.33. The molecule has 1 atom stereocenters. The van der Waals surface area contributed by atoms with E-state index in [0.717, 1.165) is 17.4 Å². The van der Waals surface area contributed by atoms with Gasteiger partial charge in [0.2, 0.25) is 0 Å². The first kappa shape index (κ1) is 19.6. The minimum absolute atomic E-state index is 0.0461. The molecule has 158 valence electrons. The normalized spacial score (nSPS) is 16.2. The van der Waals surface area contributed by atoms with E-state index >= 15 is 0 Å². The van der Waals surface area contributed by atoms with Crippen LogP contribution in [0.4, 0.5) is 13.9 Å². The summed E-state index contributed by atoms with van der Waals surface area (Å²) in [7, 11) is 0. The monoisotopic (exact) mass is 441 g/mol. The molecule has 1 saturated heterocycles. The maximum Gasteiger partial charge on any atom is 0.258 e. The zero-order valence-electron chi connectivity index (χ0n) is 16.4. The van der Waals surface area contributed by atoms with Gasteiger partial charge in [0.1, 0.15) is 11.6 Å². The lowest BCUT2D eigenvalue weighted by Crippen LogP contribution is -2.31. The number of thiazole rings is 1. The Kier molecular flexibility index (Phi) is 4.85. The van der Waals surface area contributed by atoms with Crippen LogP contribution in [0.15, 0.2) is 40.9 Å². The fraction of sp³-hybridized carbons (Fsp3) is 0.238. The number of aryl methyl sites for hydroxylation is 1. The van der Waals surface area contributed by atoms with Gasteiger partial charge in [-0.3, -0.25) is 4.79 Å². The zero-order chi connectivity index (χ0) is 21.5. The van der Waals surface area contributed by atoms with Crippen molar-refractivity contribution in [1.29, 1.82) is 0 Å². The molecule has 1 N–H and O–H groups in total. The van der Waals surface area contributed by atoms with Gasteiger partial charge in [0.05, 0.1) is 21.3 Å². The van der Waals surface area contributed by atoms with E-state index in [9.17, 15) is 13.6 Å². The molecule has 0 unspecified atom stereocenters. The molecule has 2 aromatic carbocycles. The lowest BCUT2D eigenvalue weighted by atomic mass is 10.1. The smallest absolute Gasteiger partial charge is 0.258 e. The first-order valence-electron chi connectivity index (χ1n) is 9.69. The van der Waals surface area contributed by atoms with E-state index in [-0.39, 0.29) is 17.5 Å². The van der Waals surface area contributed by atoms with Crippen molar-refractivity contribution >= 4 is 32.6 Å². The number of carbonyl (C=O) groups is 1. The second-order valence-corrected chi connectivity index (χ2v) is 8.33. The molecule has 5 rings (SSSR count). The maximum atomic E-state index is 13.9. The van der Waals surface area contributed by atoms with Crippen molar-refractivity contribution in [2.24, 2.45) is 0 Å². The second kappa shape index (κ2) is 7.69. The zero-order valence-corrected chi connectivity index (χ0v) is 17.2. The summed E-state index contributed by atoms with van der Waals surface area (Å²) in [4.78, 5) is 23.4. The van der Waals surface area contributed by atoms with E-state index < -0.39 is 11.6 Å². The van der Waals surface area contributed by atoms with Gasteiger partial charge in [0, 0.05) is 31.3 Å². The number of hydrogen-bond donors (Lipinski definition) is 1. The number of aromatic nitrogens is 3. The predicted octanol–water partition coefficient (Wildman–Crippen LogP) is 4.26. The number of anilines is 1. The Morgan fingerprint density at radius 2 is 2.10 bits per heavy atom. The van der Waals surface area contributed by atoms with E-state index in [2.05, 4.69) is 20.4 Å². The molecule has 1 aliphatic rings. The minimum atomic E-state index is -0.658. The summed E-state index contributed by atoms with van der Waals surface area (Å²) in [5.41, 5.74) is 1.36. The average molecular weight is 441 g/mol. The number of nitrogens with zero attached hydrogens (tertiary/aromatic N) is 4. The molecule has 0 aliphatic carbocycles. The summed E-state index contributed by atoms with van der Waals surface area (Å²) < 4.78 is 32.9. The van der Waals surface area contributed by atoms with Crippen molar-refractivity contribution in [3.63, 3.8) is 0 Å². The molecular formula is C21H17F2N5O2S. The molecule has 0 bridgehead atoms. The third-order valence-corrected chi connectivity index (χ3v) is 6.14. The van der Waals surface area contributed by atoms with Crippen LogP contribution in [0.2, 0.25) is 0 Å². The van der Waals surface area contributed by atoms with Crippen LogP contribution in [0, 0.1) is 18.6 Å². The third kappa shape index (κ3) is 3.74. The van der Waals surface area contributed by atoms with Crippen LogP contribution in [-0.2, 0) is 0 Å². The Balaban J connectivity index is 1.32. The molecule has 1 aliphatic heterocycles. The van der Waals surface area contributed by atoms with Crippen LogP contribution in [0.1, 0.15) is 22.6 Å².